The minimum absolute atomic E-state index is 0.0483. The van der Waals surface area contributed by atoms with E-state index in [4.69, 9.17) is 24.3 Å². The molecule has 0 aliphatic heterocycles. The number of nitrogens with two attached hydrogens (primary N) is 1. The predicted octanol–water partition coefficient (Wildman–Crippen LogP) is 12.7. The highest BCUT2D eigenvalue weighted by atomic mass is 31.2. The topological polar surface area (TPSA) is 134 Å². The van der Waals surface area contributed by atoms with Crippen molar-refractivity contribution in [3.05, 3.63) is 48.6 Å². The quantitative estimate of drug-likeness (QED) is 0.0268. The van der Waals surface area contributed by atoms with Crippen molar-refractivity contribution in [1.29, 1.82) is 0 Å². The Morgan fingerprint density at radius 2 is 1.00 bits per heavy atom. The van der Waals surface area contributed by atoms with Gasteiger partial charge in [-0.3, -0.25) is 18.6 Å². The number of allylic oxidation sites excluding steroid dienone is 8. The maximum atomic E-state index is 12.6. The predicted molar refractivity (Wildman–Crippen MR) is 229 cm³/mol. The average molecular weight is 796 g/mol. The van der Waals surface area contributed by atoms with Crippen molar-refractivity contribution >= 4 is 19.8 Å². The lowest BCUT2D eigenvalue weighted by molar-refractivity contribution is -0.161. The van der Waals surface area contributed by atoms with E-state index >= 15 is 0 Å². The first-order valence-electron chi connectivity index (χ1n) is 22.2. The number of phosphoric ester groups is 1. The largest absolute Gasteiger partial charge is 0.472 e. The molecule has 0 spiro atoms. The molecule has 0 aromatic rings. The number of carbonyl (C=O) groups excluding carboxylic acids is 2. The smallest absolute Gasteiger partial charge is 0.462 e. The maximum Gasteiger partial charge on any atom is 0.472 e. The molecular weight excluding hydrogens is 713 g/mol. The molecule has 0 aromatic carbocycles. The molecule has 3 N–H and O–H groups in total. The lowest BCUT2D eigenvalue weighted by atomic mass is 10.0. The summed E-state index contributed by atoms with van der Waals surface area (Å²) in [5, 5.41) is 0. The third-order valence-electron chi connectivity index (χ3n) is 9.32. The van der Waals surface area contributed by atoms with Crippen LogP contribution in [0, 0.1) is 0 Å². The molecule has 0 heterocycles. The molecule has 0 aliphatic carbocycles. The zero-order chi connectivity index (χ0) is 40.3. The van der Waals surface area contributed by atoms with E-state index in [1.165, 1.54) is 103 Å². The van der Waals surface area contributed by atoms with E-state index in [9.17, 15) is 19.0 Å². The van der Waals surface area contributed by atoms with E-state index < -0.39 is 26.5 Å². The minimum atomic E-state index is -4.38. The monoisotopic (exact) mass is 796 g/mol. The van der Waals surface area contributed by atoms with Gasteiger partial charge in [0.25, 0.3) is 0 Å². The van der Waals surface area contributed by atoms with Gasteiger partial charge < -0.3 is 20.1 Å². The van der Waals surface area contributed by atoms with Gasteiger partial charge in [0.1, 0.15) is 6.61 Å². The van der Waals surface area contributed by atoms with Crippen LogP contribution < -0.4 is 5.73 Å². The number of esters is 2. The molecule has 9 nitrogen and oxygen atoms in total. The van der Waals surface area contributed by atoms with Crippen LogP contribution in [0.5, 0.6) is 0 Å². The highest BCUT2D eigenvalue weighted by Gasteiger charge is 2.26. The summed E-state index contributed by atoms with van der Waals surface area (Å²) in [4.78, 5) is 34.9. The van der Waals surface area contributed by atoms with Crippen molar-refractivity contribution in [3.63, 3.8) is 0 Å². The molecule has 10 heteroatoms. The molecule has 0 saturated heterocycles. The van der Waals surface area contributed by atoms with Crippen molar-refractivity contribution in [3.8, 4) is 0 Å². The number of rotatable bonds is 41. The van der Waals surface area contributed by atoms with Crippen LogP contribution in [-0.2, 0) is 32.7 Å². The molecule has 0 amide bonds. The van der Waals surface area contributed by atoms with E-state index in [2.05, 4.69) is 32.1 Å². The van der Waals surface area contributed by atoms with Gasteiger partial charge in [-0.25, -0.2) is 4.57 Å². The van der Waals surface area contributed by atoms with Crippen molar-refractivity contribution in [2.45, 2.75) is 200 Å². The van der Waals surface area contributed by atoms with E-state index in [1.54, 1.807) is 0 Å². The van der Waals surface area contributed by atoms with Crippen LogP contribution in [0.15, 0.2) is 48.6 Å². The minimum Gasteiger partial charge on any atom is -0.462 e. The molecular formula is C45H82NO8P. The van der Waals surface area contributed by atoms with E-state index in [1.807, 2.05) is 30.4 Å². The Hall–Kier alpha value is -2.03. The van der Waals surface area contributed by atoms with Crippen LogP contribution in [0.3, 0.4) is 0 Å². The lowest BCUT2D eigenvalue weighted by Crippen LogP contribution is -2.29. The van der Waals surface area contributed by atoms with Gasteiger partial charge in [-0.05, 0) is 32.1 Å². The highest BCUT2D eigenvalue weighted by molar-refractivity contribution is 7.47. The summed E-state index contributed by atoms with van der Waals surface area (Å²) < 4.78 is 32.8. The third kappa shape index (κ3) is 41.4. The number of ether oxygens (including phenoxy) is 2. The Morgan fingerprint density at radius 3 is 1.49 bits per heavy atom. The third-order valence-corrected chi connectivity index (χ3v) is 10.3. The molecule has 1 unspecified atom stereocenters. The Balaban J connectivity index is 4.13. The summed E-state index contributed by atoms with van der Waals surface area (Å²) in [6, 6.07) is 0. The zero-order valence-corrected chi connectivity index (χ0v) is 36.0. The maximum absolute atomic E-state index is 12.6. The fraction of sp³-hybridized carbons (Fsp3) is 0.778. The number of carbonyl (C=O) groups is 2. The molecule has 0 radical (unpaired) electrons. The number of unbranched alkanes of at least 4 members (excludes halogenated alkanes) is 23. The zero-order valence-electron chi connectivity index (χ0n) is 35.2. The Morgan fingerprint density at radius 1 is 0.564 bits per heavy atom. The first kappa shape index (κ1) is 53.0. The molecule has 0 aromatic heterocycles. The summed E-state index contributed by atoms with van der Waals surface area (Å²) in [6.45, 7) is 3.58. The molecule has 2 atom stereocenters. The number of phosphoric acid groups is 1. The summed E-state index contributed by atoms with van der Waals surface area (Å²) in [5.41, 5.74) is 5.35. The van der Waals surface area contributed by atoms with Crippen molar-refractivity contribution in [2.75, 3.05) is 26.4 Å². The summed E-state index contributed by atoms with van der Waals surface area (Å²) in [7, 11) is -4.38. The average Bonchev–Trinajstić information content (AvgIpc) is 3.17. The van der Waals surface area contributed by atoms with Gasteiger partial charge in [0.05, 0.1) is 13.2 Å². The molecule has 0 rings (SSSR count). The molecule has 0 fully saturated rings. The van der Waals surface area contributed by atoms with Crippen molar-refractivity contribution in [1.82, 2.24) is 0 Å². The number of hydrogen-bond donors (Lipinski definition) is 2. The first-order chi connectivity index (χ1) is 26.8. The SMILES string of the molecule is CC/C=C/C=C/C=C/C=C/CCCCCCCC(=O)O[C@H](COC(=O)CCCCCCCCCCCCCCCCCCCCC)COP(=O)(O)OCCN. The van der Waals surface area contributed by atoms with Gasteiger partial charge in [-0.1, -0.05) is 197 Å². The number of hydrogen-bond acceptors (Lipinski definition) is 8. The van der Waals surface area contributed by atoms with Crippen LogP contribution in [0.1, 0.15) is 194 Å². The first-order valence-corrected chi connectivity index (χ1v) is 23.7. The molecule has 0 bridgehead atoms. The standard InChI is InChI=1S/C45H82NO8P/c1-3-5-7-9-11-13-15-17-19-20-21-22-24-25-27-29-31-33-35-37-44(47)51-41-43(42-53-55(49,50)52-40-39-46)54-45(48)38-36-34-32-30-28-26-23-18-16-14-12-10-8-6-4-2/h6,8,10,12,14,16,18,23,43H,3-5,7,9,11,13,15,17,19-22,24-42,46H2,1-2H3,(H,49,50)/b8-6+,12-10+,16-14+,23-18+/t43-/m1/s1. The second-order valence-electron chi connectivity index (χ2n) is 14.6. The van der Waals surface area contributed by atoms with Crippen molar-refractivity contribution < 1.29 is 37.6 Å². The van der Waals surface area contributed by atoms with E-state index in [-0.39, 0.29) is 38.6 Å². The fourth-order valence-corrected chi connectivity index (χ4v) is 6.82. The van der Waals surface area contributed by atoms with Gasteiger partial charge in [0, 0.05) is 19.4 Å². The fourth-order valence-electron chi connectivity index (χ4n) is 6.06. The highest BCUT2D eigenvalue weighted by Crippen LogP contribution is 2.43. The van der Waals surface area contributed by atoms with Crippen LogP contribution in [0.4, 0.5) is 0 Å². The van der Waals surface area contributed by atoms with Gasteiger partial charge in [0.2, 0.25) is 0 Å². The molecule has 320 valence electrons. The van der Waals surface area contributed by atoms with Gasteiger partial charge in [-0.2, -0.15) is 0 Å². The lowest BCUT2D eigenvalue weighted by Gasteiger charge is -2.19. The van der Waals surface area contributed by atoms with Crippen LogP contribution >= 0.6 is 7.82 Å². The van der Waals surface area contributed by atoms with Gasteiger partial charge in [-0.15, -0.1) is 0 Å². The van der Waals surface area contributed by atoms with Crippen LogP contribution in [-0.4, -0.2) is 49.3 Å². The molecule has 0 saturated carbocycles. The summed E-state index contributed by atoms with van der Waals surface area (Å²) in [6.07, 6.45) is 47.1. The molecule has 0 aliphatic rings. The molecule has 55 heavy (non-hydrogen) atoms. The Kier molecular flexibility index (Phi) is 40.1. The Labute approximate surface area is 336 Å². The Bertz CT molecular complexity index is 1040. The summed E-state index contributed by atoms with van der Waals surface area (Å²) >= 11 is 0. The van der Waals surface area contributed by atoms with Crippen LogP contribution in [0.25, 0.3) is 0 Å². The second kappa shape index (κ2) is 41.6. The summed E-state index contributed by atoms with van der Waals surface area (Å²) in [5.74, 6) is -0.852. The van der Waals surface area contributed by atoms with Crippen molar-refractivity contribution in [2.24, 2.45) is 5.73 Å². The van der Waals surface area contributed by atoms with E-state index in [0.29, 0.717) is 6.42 Å². The normalized spacial score (nSPS) is 13.7. The second-order valence-corrected chi connectivity index (χ2v) is 16.1. The van der Waals surface area contributed by atoms with Gasteiger partial charge in [0.15, 0.2) is 6.10 Å². The van der Waals surface area contributed by atoms with E-state index in [0.717, 1.165) is 57.8 Å². The van der Waals surface area contributed by atoms with Crippen LogP contribution in [0.2, 0.25) is 0 Å². The van der Waals surface area contributed by atoms with Gasteiger partial charge >= 0.3 is 19.8 Å².